The molecule has 0 saturated carbocycles. The zero-order valence-electron chi connectivity index (χ0n) is 13.2. The van der Waals surface area contributed by atoms with E-state index in [0.29, 0.717) is 6.61 Å². The Morgan fingerprint density at radius 2 is 1.95 bits per heavy atom. The average molecular weight is 306 g/mol. The highest BCUT2D eigenvalue weighted by Crippen LogP contribution is 2.39. The number of ether oxygens (including phenoxy) is 5. The van der Waals surface area contributed by atoms with Gasteiger partial charge in [-0.3, -0.25) is 0 Å². The summed E-state index contributed by atoms with van der Waals surface area (Å²) in [6.07, 6.45) is 0.627. The maximum atomic E-state index is 6.03. The topological polar surface area (TPSA) is 46.2 Å². The van der Waals surface area contributed by atoms with Gasteiger partial charge in [0.2, 0.25) is 0 Å². The first-order valence-electron chi connectivity index (χ1n) is 7.40. The van der Waals surface area contributed by atoms with E-state index in [1.807, 2.05) is 38.1 Å². The molecule has 1 aromatic carbocycles. The summed E-state index contributed by atoms with van der Waals surface area (Å²) in [6.45, 7) is 8.02. The van der Waals surface area contributed by atoms with Gasteiger partial charge in [-0.25, -0.2) is 0 Å². The third-order valence-corrected chi connectivity index (χ3v) is 3.86. The fourth-order valence-corrected chi connectivity index (χ4v) is 2.80. The smallest absolute Gasteiger partial charge is 0.190 e. The van der Waals surface area contributed by atoms with Gasteiger partial charge in [-0.05, 0) is 31.5 Å². The molecule has 5 nitrogen and oxygen atoms in total. The fourth-order valence-electron chi connectivity index (χ4n) is 2.80. The molecule has 0 bridgehead atoms. The van der Waals surface area contributed by atoms with Crippen LogP contribution in [0.25, 0.3) is 0 Å². The standard InChI is InChI=1S/C17H22O5/c1-5-13-14(15-16(20-13)22-17(2,3)21-15)19-10-11-6-8-12(18-4)9-7-11/h5-9,13-16H,1,10H2,2-4H3/t13-,14+,15-,16-/m1/s1. The first kappa shape index (κ1) is 15.5. The van der Waals surface area contributed by atoms with E-state index < -0.39 is 12.1 Å². The number of rotatable bonds is 5. The van der Waals surface area contributed by atoms with E-state index in [1.165, 1.54) is 0 Å². The number of hydrogen-bond donors (Lipinski definition) is 0. The largest absolute Gasteiger partial charge is 0.497 e. The quantitative estimate of drug-likeness (QED) is 0.783. The van der Waals surface area contributed by atoms with Gasteiger partial charge < -0.3 is 23.7 Å². The molecule has 0 aliphatic carbocycles. The Hall–Kier alpha value is -1.40. The van der Waals surface area contributed by atoms with Crippen LogP contribution >= 0.6 is 0 Å². The average Bonchev–Trinajstić information content (AvgIpc) is 2.97. The van der Waals surface area contributed by atoms with E-state index in [-0.39, 0.29) is 18.3 Å². The molecule has 2 aliphatic rings. The van der Waals surface area contributed by atoms with Gasteiger partial charge in [0.15, 0.2) is 12.1 Å². The van der Waals surface area contributed by atoms with E-state index >= 15 is 0 Å². The summed E-state index contributed by atoms with van der Waals surface area (Å²) in [6, 6.07) is 7.78. The summed E-state index contributed by atoms with van der Waals surface area (Å²) >= 11 is 0. The molecule has 0 N–H and O–H groups in total. The van der Waals surface area contributed by atoms with E-state index in [0.717, 1.165) is 11.3 Å². The van der Waals surface area contributed by atoms with Crippen LogP contribution in [0.4, 0.5) is 0 Å². The van der Waals surface area contributed by atoms with Gasteiger partial charge in [0.05, 0.1) is 13.7 Å². The van der Waals surface area contributed by atoms with Crippen molar-refractivity contribution in [1.82, 2.24) is 0 Å². The summed E-state index contributed by atoms with van der Waals surface area (Å²) < 4.78 is 28.6. The van der Waals surface area contributed by atoms with Crippen molar-refractivity contribution in [2.24, 2.45) is 0 Å². The third-order valence-electron chi connectivity index (χ3n) is 3.86. The van der Waals surface area contributed by atoms with E-state index in [9.17, 15) is 0 Å². The lowest BCUT2D eigenvalue weighted by Gasteiger charge is -2.24. The Balaban J connectivity index is 1.65. The van der Waals surface area contributed by atoms with Crippen molar-refractivity contribution in [2.45, 2.75) is 50.8 Å². The maximum Gasteiger partial charge on any atom is 0.190 e. The van der Waals surface area contributed by atoms with Crippen LogP contribution in [-0.2, 0) is 25.6 Å². The van der Waals surface area contributed by atoms with Gasteiger partial charge in [-0.2, -0.15) is 0 Å². The van der Waals surface area contributed by atoms with Crippen molar-refractivity contribution in [1.29, 1.82) is 0 Å². The molecule has 0 aromatic heterocycles. The van der Waals surface area contributed by atoms with E-state index in [2.05, 4.69) is 6.58 Å². The lowest BCUT2D eigenvalue weighted by Crippen LogP contribution is -2.35. The number of methoxy groups -OCH3 is 1. The highest BCUT2D eigenvalue weighted by molar-refractivity contribution is 5.26. The molecule has 4 atom stereocenters. The third kappa shape index (κ3) is 3.03. The summed E-state index contributed by atoms with van der Waals surface area (Å²) in [5.41, 5.74) is 1.06. The molecule has 120 valence electrons. The first-order chi connectivity index (χ1) is 10.5. The van der Waals surface area contributed by atoms with Crippen LogP contribution in [0.1, 0.15) is 19.4 Å². The van der Waals surface area contributed by atoms with Gasteiger partial charge in [-0.1, -0.05) is 18.2 Å². The minimum Gasteiger partial charge on any atom is -0.497 e. The predicted octanol–water partition coefficient (Wildman–Crippen LogP) is 2.64. The Bertz CT molecular complexity index is 524. The monoisotopic (exact) mass is 306 g/mol. The molecule has 0 spiro atoms. The van der Waals surface area contributed by atoms with Crippen molar-refractivity contribution in [2.75, 3.05) is 7.11 Å². The predicted molar refractivity (Wildman–Crippen MR) is 80.5 cm³/mol. The first-order valence-corrected chi connectivity index (χ1v) is 7.40. The molecular formula is C17H22O5. The van der Waals surface area contributed by atoms with Crippen LogP contribution in [0, 0.1) is 0 Å². The van der Waals surface area contributed by atoms with Crippen LogP contribution < -0.4 is 4.74 Å². The summed E-state index contributed by atoms with van der Waals surface area (Å²) in [4.78, 5) is 0. The van der Waals surface area contributed by atoms with Crippen molar-refractivity contribution >= 4 is 0 Å². The van der Waals surface area contributed by atoms with Crippen molar-refractivity contribution in [3.8, 4) is 5.75 Å². The zero-order chi connectivity index (χ0) is 15.7. The molecule has 0 radical (unpaired) electrons. The maximum absolute atomic E-state index is 6.03. The van der Waals surface area contributed by atoms with Crippen LogP contribution in [0.3, 0.4) is 0 Å². The molecule has 3 rings (SSSR count). The van der Waals surface area contributed by atoms with E-state index in [1.54, 1.807) is 13.2 Å². The molecule has 5 heteroatoms. The molecule has 0 unspecified atom stereocenters. The van der Waals surface area contributed by atoms with Gasteiger partial charge in [-0.15, -0.1) is 6.58 Å². The Morgan fingerprint density at radius 1 is 1.23 bits per heavy atom. The Kier molecular flexibility index (Phi) is 4.23. The highest BCUT2D eigenvalue weighted by atomic mass is 16.8. The van der Waals surface area contributed by atoms with Crippen molar-refractivity contribution in [3.05, 3.63) is 42.5 Å². The van der Waals surface area contributed by atoms with Crippen LogP contribution in [0.15, 0.2) is 36.9 Å². The molecule has 2 fully saturated rings. The molecule has 2 saturated heterocycles. The Labute approximate surface area is 130 Å². The molecular weight excluding hydrogens is 284 g/mol. The summed E-state index contributed by atoms with van der Waals surface area (Å²) in [7, 11) is 1.65. The zero-order valence-corrected chi connectivity index (χ0v) is 13.2. The fraction of sp³-hybridized carbons (Fsp3) is 0.529. The lowest BCUT2D eigenvalue weighted by atomic mass is 10.1. The van der Waals surface area contributed by atoms with E-state index in [4.69, 9.17) is 23.7 Å². The van der Waals surface area contributed by atoms with Gasteiger partial charge in [0.1, 0.15) is 24.1 Å². The van der Waals surface area contributed by atoms with Gasteiger partial charge >= 0.3 is 0 Å². The second-order valence-corrected chi connectivity index (χ2v) is 5.93. The Morgan fingerprint density at radius 3 is 2.59 bits per heavy atom. The SMILES string of the molecule is C=C[C@H]1O[C@@H]2OC(C)(C)O[C@@H]2[C@H]1OCc1ccc(OC)cc1. The molecule has 22 heavy (non-hydrogen) atoms. The lowest BCUT2D eigenvalue weighted by molar-refractivity contribution is -0.213. The highest BCUT2D eigenvalue weighted by Gasteiger charge is 2.54. The molecule has 2 heterocycles. The van der Waals surface area contributed by atoms with Crippen molar-refractivity contribution in [3.63, 3.8) is 0 Å². The second-order valence-electron chi connectivity index (χ2n) is 5.93. The summed E-state index contributed by atoms with van der Waals surface area (Å²) in [5.74, 6) is 0.176. The molecule has 1 aromatic rings. The van der Waals surface area contributed by atoms with Crippen LogP contribution in [0.5, 0.6) is 5.75 Å². The van der Waals surface area contributed by atoms with Crippen molar-refractivity contribution < 1.29 is 23.7 Å². The van der Waals surface area contributed by atoms with Gasteiger partial charge in [0, 0.05) is 0 Å². The number of fused-ring (bicyclic) bond motifs is 1. The molecule has 0 amide bonds. The van der Waals surface area contributed by atoms with Crippen LogP contribution in [0.2, 0.25) is 0 Å². The summed E-state index contributed by atoms with van der Waals surface area (Å²) in [5, 5.41) is 0. The minimum absolute atomic E-state index is 0.230. The molecule has 2 aliphatic heterocycles. The number of benzene rings is 1. The van der Waals surface area contributed by atoms with Gasteiger partial charge in [0.25, 0.3) is 0 Å². The van der Waals surface area contributed by atoms with Crippen LogP contribution in [-0.4, -0.2) is 37.5 Å². The normalized spacial score (nSPS) is 32.7. The number of hydrogen-bond acceptors (Lipinski definition) is 5. The minimum atomic E-state index is -0.650. The second kappa shape index (κ2) is 6.01.